The molecule has 1 aromatic carbocycles. The molecular weight excluding hydrogens is 200 g/mol. The minimum Gasteiger partial charge on any atom is -0.365 e. The van der Waals surface area contributed by atoms with Crippen molar-refractivity contribution >= 4 is 5.78 Å². The van der Waals surface area contributed by atoms with Crippen LogP contribution < -0.4 is 0 Å². The van der Waals surface area contributed by atoms with Crippen LogP contribution in [0.15, 0.2) is 55.6 Å². The van der Waals surface area contributed by atoms with Crippen molar-refractivity contribution in [1.29, 1.82) is 0 Å². The van der Waals surface area contributed by atoms with Gasteiger partial charge in [-0.15, -0.1) is 6.58 Å². The first-order valence-electron chi connectivity index (χ1n) is 5.20. The van der Waals surface area contributed by atoms with Gasteiger partial charge in [0.05, 0.1) is 6.10 Å². The first-order valence-corrected chi connectivity index (χ1v) is 5.20. The fraction of sp³-hybridized carbons (Fsp3) is 0.214. The standard InChI is InChI=1S/C14H16O2/c1-3-8-14(16-11-13(15)4-2)12-9-6-5-7-10-12/h3-7,9-10,14H,1-2,8,11H2. The summed E-state index contributed by atoms with van der Waals surface area (Å²) in [6, 6.07) is 9.80. The summed E-state index contributed by atoms with van der Waals surface area (Å²) >= 11 is 0. The lowest BCUT2D eigenvalue weighted by Crippen LogP contribution is -2.10. The van der Waals surface area contributed by atoms with Crippen molar-refractivity contribution in [2.45, 2.75) is 12.5 Å². The Morgan fingerprint density at radius 3 is 2.56 bits per heavy atom. The molecule has 0 saturated carbocycles. The quantitative estimate of drug-likeness (QED) is 0.517. The number of benzene rings is 1. The minimum atomic E-state index is -0.109. The Morgan fingerprint density at radius 2 is 2.00 bits per heavy atom. The number of carbonyl (C=O) groups excluding carboxylic acids is 1. The molecule has 0 aromatic heterocycles. The lowest BCUT2D eigenvalue weighted by molar-refractivity contribution is -0.120. The normalized spacial score (nSPS) is 11.8. The predicted octanol–water partition coefficient (Wildman–Crippen LogP) is 3.08. The SMILES string of the molecule is C=CCC(OCC(=O)C=C)c1ccccc1. The number of ketones is 1. The summed E-state index contributed by atoms with van der Waals surface area (Å²) in [7, 11) is 0. The number of carbonyl (C=O) groups is 1. The molecule has 0 spiro atoms. The zero-order valence-corrected chi connectivity index (χ0v) is 9.26. The molecule has 0 aliphatic rings. The highest BCUT2D eigenvalue weighted by Gasteiger charge is 2.10. The van der Waals surface area contributed by atoms with Crippen LogP contribution in [0.2, 0.25) is 0 Å². The van der Waals surface area contributed by atoms with Crippen molar-refractivity contribution < 1.29 is 9.53 Å². The zero-order valence-electron chi connectivity index (χ0n) is 9.26. The first-order chi connectivity index (χ1) is 7.77. The molecule has 0 heterocycles. The molecule has 1 aromatic rings. The van der Waals surface area contributed by atoms with Crippen LogP contribution in [-0.4, -0.2) is 12.4 Å². The van der Waals surface area contributed by atoms with E-state index in [-0.39, 0.29) is 18.5 Å². The maximum absolute atomic E-state index is 11.1. The van der Waals surface area contributed by atoms with Crippen molar-refractivity contribution in [1.82, 2.24) is 0 Å². The molecule has 0 amide bonds. The molecule has 0 saturated heterocycles. The summed E-state index contributed by atoms with van der Waals surface area (Å²) in [5.74, 6) is -0.106. The highest BCUT2D eigenvalue weighted by atomic mass is 16.5. The molecule has 0 radical (unpaired) electrons. The topological polar surface area (TPSA) is 26.3 Å². The maximum atomic E-state index is 11.1. The molecule has 0 aliphatic heterocycles. The van der Waals surface area contributed by atoms with Gasteiger partial charge in [-0.3, -0.25) is 4.79 Å². The van der Waals surface area contributed by atoms with E-state index in [0.29, 0.717) is 6.42 Å². The van der Waals surface area contributed by atoms with Gasteiger partial charge in [-0.05, 0) is 18.1 Å². The second kappa shape index (κ2) is 6.75. The van der Waals surface area contributed by atoms with Crippen LogP contribution in [0, 0.1) is 0 Å². The van der Waals surface area contributed by atoms with E-state index in [0.717, 1.165) is 5.56 Å². The lowest BCUT2D eigenvalue weighted by Gasteiger charge is -2.15. The average molecular weight is 216 g/mol. The van der Waals surface area contributed by atoms with Crippen molar-refractivity contribution in [3.05, 3.63) is 61.2 Å². The first kappa shape index (κ1) is 12.4. The number of hydrogen-bond acceptors (Lipinski definition) is 2. The summed E-state index contributed by atoms with van der Waals surface area (Å²) in [5.41, 5.74) is 1.05. The van der Waals surface area contributed by atoms with E-state index in [9.17, 15) is 4.79 Å². The number of hydrogen-bond donors (Lipinski definition) is 0. The second-order valence-electron chi connectivity index (χ2n) is 3.41. The molecule has 2 nitrogen and oxygen atoms in total. The highest BCUT2D eigenvalue weighted by Crippen LogP contribution is 2.21. The Bertz CT molecular complexity index is 354. The Labute approximate surface area is 96.2 Å². The van der Waals surface area contributed by atoms with E-state index in [4.69, 9.17) is 4.74 Å². The predicted molar refractivity (Wildman–Crippen MR) is 65.2 cm³/mol. The van der Waals surface area contributed by atoms with E-state index in [1.165, 1.54) is 6.08 Å². The summed E-state index contributed by atoms with van der Waals surface area (Å²) in [5, 5.41) is 0. The summed E-state index contributed by atoms with van der Waals surface area (Å²) in [6.07, 6.45) is 3.64. The van der Waals surface area contributed by atoms with Crippen LogP contribution >= 0.6 is 0 Å². The molecule has 1 atom stereocenters. The second-order valence-corrected chi connectivity index (χ2v) is 3.41. The lowest BCUT2D eigenvalue weighted by atomic mass is 10.1. The van der Waals surface area contributed by atoms with Crippen molar-refractivity contribution in [2.24, 2.45) is 0 Å². The molecule has 0 fully saturated rings. The average Bonchev–Trinajstić information content (AvgIpc) is 2.35. The van der Waals surface area contributed by atoms with E-state index in [2.05, 4.69) is 13.2 Å². The van der Waals surface area contributed by atoms with E-state index < -0.39 is 0 Å². The Hall–Kier alpha value is -1.67. The maximum Gasteiger partial charge on any atom is 0.180 e. The molecular formula is C14H16O2. The molecule has 84 valence electrons. The number of rotatable bonds is 7. The van der Waals surface area contributed by atoms with E-state index in [1.54, 1.807) is 6.08 Å². The minimum absolute atomic E-state index is 0.0664. The number of ether oxygens (including phenoxy) is 1. The van der Waals surface area contributed by atoms with E-state index in [1.807, 2.05) is 30.3 Å². The molecule has 1 rings (SSSR count). The monoisotopic (exact) mass is 216 g/mol. The molecule has 0 N–H and O–H groups in total. The largest absolute Gasteiger partial charge is 0.365 e. The zero-order chi connectivity index (χ0) is 11.8. The van der Waals surface area contributed by atoms with Crippen LogP contribution in [0.25, 0.3) is 0 Å². The van der Waals surface area contributed by atoms with Gasteiger partial charge in [0.2, 0.25) is 0 Å². The fourth-order valence-corrected chi connectivity index (χ4v) is 1.36. The highest BCUT2D eigenvalue weighted by molar-refractivity contribution is 5.90. The van der Waals surface area contributed by atoms with Crippen LogP contribution in [0.4, 0.5) is 0 Å². The Balaban J connectivity index is 2.64. The van der Waals surface area contributed by atoms with Gasteiger partial charge in [0, 0.05) is 0 Å². The van der Waals surface area contributed by atoms with Gasteiger partial charge < -0.3 is 4.74 Å². The Morgan fingerprint density at radius 1 is 1.31 bits per heavy atom. The van der Waals surface area contributed by atoms with Gasteiger partial charge in [-0.2, -0.15) is 0 Å². The van der Waals surface area contributed by atoms with Crippen molar-refractivity contribution in [3.8, 4) is 0 Å². The smallest absolute Gasteiger partial charge is 0.180 e. The molecule has 2 heteroatoms. The van der Waals surface area contributed by atoms with Crippen molar-refractivity contribution in [3.63, 3.8) is 0 Å². The third-order valence-corrected chi connectivity index (χ3v) is 2.21. The summed E-state index contributed by atoms with van der Waals surface area (Å²) in [4.78, 5) is 11.1. The molecule has 1 unspecified atom stereocenters. The van der Waals surface area contributed by atoms with Crippen LogP contribution in [0.5, 0.6) is 0 Å². The van der Waals surface area contributed by atoms with Gasteiger partial charge in [-0.1, -0.05) is 43.0 Å². The van der Waals surface area contributed by atoms with E-state index >= 15 is 0 Å². The van der Waals surface area contributed by atoms with Gasteiger partial charge >= 0.3 is 0 Å². The summed E-state index contributed by atoms with van der Waals surface area (Å²) < 4.78 is 5.53. The Kier molecular flexibility index (Phi) is 5.23. The van der Waals surface area contributed by atoms with Crippen LogP contribution in [0.3, 0.4) is 0 Å². The third-order valence-electron chi connectivity index (χ3n) is 2.21. The van der Waals surface area contributed by atoms with Gasteiger partial charge in [-0.25, -0.2) is 0 Å². The van der Waals surface area contributed by atoms with Crippen LogP contribution in [-0.2, 0) is 9.53 Å². The molecule has 16 heavy (non-hydrogen) atoms. The summed E-state index contributed by atoms with van der Waals surface area (Å²) in [6.45, 7) is 7.16. The third kappa shape index (κ3) is 3.83. The fourth-order valence-electron chi connectivity index (χ4n) is 1.36. The van der Waals surface area contributed by atoms with Crippen molar-refractivity contribution in [2.75, 3.05) is 6.61 Å². The van der Waals surface area contributed by atoms with Gasteiger partial charge in [0.15, 0.2) is 5.78 Å². The molecule has 0 bridgehead atoms. The molecule has 0 aliphatic carbocycles. The van der Waals surface area contributed by atoms with Gasteiger partial charge in [0.1, 0.15) is 6.61 Å². The van der Waals surface area contributed by atoms with Crippen LogP contribution in [0.1, 0.15) is 18.1 Å². The van der Waals surface area contributed by atoms with Gasteiger partial charge in [0.25, 0.3) is 0 Å².